The van der Waals surface area contributed by atoms with Crippen LogP contribution in [0.4, 0.5) is 0 Å². The molecular weight excluding hydrogens is 316 g/mol. The molecule has 2 aromatic rings. The molecule has 1 saturated heterocycles. The van der Waals surface area contributed by atoms with Crippen molar-refractivity contribution in [1.29, 1.82) is 0 Å². The Bertz CT molecular complexity index is 820. The molecule has 1 aliphatic rings. The summed E-state index contributed by atoms with van der Waals surface area (Å²) >= 11 is 0. The van der Waals surface area contributed by atoms with E-state index in [9.17, 15) is 9.59 Å². The lowest BCUT2D eigenvalue weighted by Crippen LogP contribution is -3.11. The Labute approximate surface area is 148 Å². The lowest BCUT2D eigenvalue weighted by Gasteiger charge is -2.24. The van der Waals surface area contributed by atoms with Gasteiger partial charge in [0.15, 0.2) is 5.43 Å². The van der Waals surface area contributed by atoms with Crippen molar-refractivity contribution in [2.45, 2.75) is 46.1 Å². The van der Waals surface area contributed by atoms with E-state index in [1.54, 1.807) is 18.2 Å². The highest BCUT2D eigenvalue weighted by Crippen LogP contribution is 2.14. The number of quaternary nitrogens is 1. The minimum atomic E-state index is -0.369. The van der Waals surface area contributed by atoms with Crippen molar-refractivity contribution in [1.82, 2.24) is 4.98 Å². The summed E-state index contributed by atoms with van der Waals surface area (Å²) in [5.41, 5.74) is 3.01. The molecule has 0 bridgehead atoms. The van der Waals surface area contributed by atoms with Crippen molar-refractivity contribution in [3.05, 3.63) is 45.2 Å². The van der Waals surface area contributed by atoms with E-state index in [2.05, 4.69) is 4.98 Å². The van der Waals surface area contributed by atoms with Gasteiger partial charge in [-0.15, -0.1) is 0 Å². The number of esters is 1. The van der Waals surface area contributed by atoms with E-state index in [-0.39, 0.29) is 11.4 Å². The van der Waals surface area contributed by atoms with Crippen LogP contribution in [0.2, 0.25) is 0 Å². The number of carbonyl (C=O) groups excluding carboxylic acids is 1. The molecule has 1 aromatic heterocycles. The molecule has 0 aliphatic carbocycles. The molecule has 0 unspecified atom stereocenters. The largest absolute Gasteiger partial charge is 0.462 e. The second-order valence-electron chi connectivity index (χ2n) is 6.94. The average Bonchev–Trinajstić information content (AvgIpc) is 2.64. The molecule has 1 aromatic carbocycles. The maximum absolute atomic E-state index is 13.0. The van der Waals surface area contributed by atoms with Crippen LogP contribution in [0.1, 0.15) is 54.2 Å². The quantitative estimate of drug-likeness (QED) is 0.816. The van der Waals surface area contributed by atoms with Crippen molar-refractivity contribution < 1.29 is 14.4 Å². The molecule has 0 amide bonds. The van der Waals surface area contributed by atoms with Gasteiger partial charge in [0.25, 0.3) is 0 Å². The van der Waals surface area contributed by atoms with E-state index < -0.39 is 0 Å². The number of rotatable bonds is 5. The number of hydrogen-bond acceptors (Lipinski definition) is 3. The Hall–Kier alpha value is -2.14. The number of likely N-dealkylation sites (tertiary alicyclic amines) is 1. The van der Waals surface area contributed by atoms with Crippen molar-refractivity contribution in [3.63, 3.8) is 0 Å². The summed E-state index contributed by atoms with van der Waals surface area (Å²) < 4.78 is 5.19. The van der Waals surface area contributed by atoms with Gasteiger partial charge in [-0.2, -0.15) is 0 Å². The first kappa shape index (κ1) is 17.7. The van der Waals surface area contributed by atoms with Crippen LogP contribution in [0.5, 0.6) is 0 Å². The number of carbonyl (C=O) groups is 1. The van der Waals surface area contributed by atoms with Crippen molar-refractivity contribution in [2.75, 3.05) is 19.7 Å². The van der Waals surface area contributed by atoms with Crippen LogP contribution < -0.4 is 10.3 Å². The molecule has 0 radical (unpaired) electrons. The van der Waals surface area contributed by atoms with Gasteiger partial charge in [-0.3, -0.25) is 4.79 Å². The molecule has 0 spiro atoms. The number of fused-ring (bicyclic) bond motifs is 1. The van der Waals surface area contributed by atoms with E-state index in [1.165, 1.54) is 24.2 Å². The Balaban J connectivity index is 1.95. The lowest BCUT2D eigenvalue weighted by atomic mass is 10.0. The summed E-state index contributed by atoms with van der Waals surface area (Å²) in [4.78, 5) is 29.9. The van der Waals surface area contributed by atoms with E-state index in [1.807, 2.05) is 13.8 Å². The fraction of sp³-hybridized carbons (Fsp3) is 0.500. The predicted octanol–water partition coefficient (Wildman–Crippen LogP) is 1.97. The molecule has 25 heavy (non-hydrogen) atoms. The second kappa shape index (κ2) is 7.83. The molecule has 3 rings (SSSR count). The van der Waals surface area contributed by atoms with E-state index in [0.717, 1.165) is 42.8 Å². The molecule has 2 N–H and O–H groups in total. The Morgan fingerprint density at radius 1 is 1.24 bits per heavy atom. The van der Waals surface area contributed by atoms with Crippen LogP contribution in [0.25, 0.3) is 10.9 Å². The van der Waals surface area contributed by atoms with E-state index >= 15 is 0 Å². The smallest absolute Gasteiger partial charge is 0.338 e. The number of ether oxygens (including phenoxy) is 1. The third-order valence-corrected chi connectivity index (χ3v) is 4.97. The first-order chi connectivity index (χ1) is 12.1. The minimum Gasteiger partial charge on any atom is -0.462 e. The van der Waals surface area contributed by atoms with Gasteiger partial charge < -0.3 is 14.6 Å². The van der Waals surface area contributed by atoms with Gasteiger partial charge >= 0.3 is 5.97 Å². The van der Waals surface area contributed by atoms with Gasteiger partial charge in [0.2, 0.25) is 0 Å². The highest BCUT2D eigenvalue weighted by molar-refractivity contribution is 5.94. The van der Waals surface area contributed by atoms with Crippen LogP contribution in [0, 0.1) is 6.92 Å². The molecule has 0 atom stereocenters. The molecular formula is C20H27N2O3+. The van der Waals surface area contributed by atoms with Gasteiger partial charge in [0.05, 0.1) is 30.8 Å². The van der Waals surface area contributed by atoms with Crippen molar-refractivity contribution in [3.8, 4) is 0 Å². The zero-order valence-corrected chi connectivity index (χ0v) is 15.1. The fourth-order valence-corrected chi connectivity index (χ4v) is 3.55. The third-order valence-electron chi connectivity index (χ3n) is 4.97. The molecule has 1 aliphatic heterocycles. The molecule has 2 heterocycles. The normalized spacial score (nSPS) is 15.4. The SMILES string of the molecule is CCCOC(=O)c1ccc2[nH]c(C)c(C[NH+]3CCCCC3)c(=O)c2c1. The Kier molecular flexibility index (Phi) is 5.53. The van der Waals surface area contributed by atoms with E-state index in [4.69, 9.17) is 4.74 Å². The topological polar surface area (TPSA) is 63.6 Å². The summed E-state index contributed by atoms with van der Waals surface area (Å²) in [6.45, 7) is 7.31. The van der Waals surface area contributed by atoms with Crippen LogP contribution in [-0.2, 0) is 11.3 Å². The molecule has 134 valence electrons. The Morgan fingerprint density at radius 3 is 2.72 bits per heavy atom. The maximum Gasteiger partial charge on any atom is 0.338 e. The molecule has 0 saturated carbocycles. The molecule has 5 heteroatoms. The number of pyridine rings is 1. The average molecular weight is 343 g/mol. The van der Waals surface area contributed by atoms with Crippen LogP contribution in [-0.4, -0.2) is 30.6 Å². The highest BCUT2D eigenvalue weighted by atomic mass is 16.5. The van der Waals surface area contributed by atoms with Crippen molar-refractivity contribution >= 4 is 16.9 Å². The van der Waals surface area contributed by atoms with E-state index in [0.29, 0.717) is 17.6 Å². The van der Waals surface area contributed by atoms with Gasteiger partial charge in [-0.05, 0) is 50.8 Å². The number of aromatic nitrogens is 1. The number of hydrogen-bond donors (Lipinski definition) is 2. The zero-order valence-electron chi connectivity index (χ0n) is 15.1. The maximum atomic E-state index is 13.0. The molecule has 5 nitrogen and oxygen atoms in total. The zero-order chi connectivity index (χ0) is 17.8. The summed E-state index contributed by atoms with van der Waals surface area (Å²) in [5, 5.41) is 0.572. The number of aryl methyl sites for hydroxylation is 1. The molecule has 1 fully saturated rings. The third kappa shape index (κ3) is 3.93. The van der Waals surface area contributed by atoms with Gasteiger partial charge in [0, 0.05) is 16.6 Å². The number of H-pyrrole nitrogens is 1. The first-order valence-electron chi connectivity index (χ1n) is 9.26. The van der Waals surface area contributed by atoms with Gasteiger partial charge in [-0.25, -0.2) is 4.79 Å². The highest BCUT2D eigenvalue weighted by Gasteiger charge is 2.19. The lowest BCUT2D eigenvalue weighted by molar-refractivity contribution is -0.918. The van der Waals surface area contributed by atoms with Crippen LogP contribution in [0.15, 0.2) is 23.0 Å². The van der Waals surface area contributed by atoms with Gasteiger partial charge in [0.1, 0.15) is 6.54 Å². The number of benzene rings is 1. The number of aromatic amines is 1. The monoisotopic (exact) mass is 343 g/mol. The van der Waals surface area contributed by atoms with Crippen molar-refractivity contribution in [2.24, 2.45) is 0 Å². The number of nitrogens with one attached hydrogen (secondary N) is 2. The fourth-order valence-electron chi connectivity index (χ4n) is 3.55. The first-order valence-corrected chi connectivity index (χ1v) is 9.26. The van der Waals surface area contributed by atoms with Crippen LogP contribution in [0.3, 0.4) is 0 Å². The number of piperidine rings is 1. The van der Waals surface area contributed by atoms with Crippen LogP contribution >= 0.6 is 0 Å². The summed E-state index contributed by atoms with van der Waals surface area (Å²) in [6.07, 6.45) is 4.53. The Morgan fingerprint density at radius 2 is 2.00 bits per heavy atom. The summed E-state index contributed by atoms with van der Waals surface area (Å²) in [5.74, 6) is -0.369. The standard InChI is InChI=1S/C20H26N2O3/c1-3-11-25-20(24)15-7-8-18-16(12-15)19(23)17(14(2)21-18)13-22-9-5-4-6-10-22/h7-8,12H,3-6,9-11,13H2,1-2H3,(H,21,23)/p+1. The minimum absolute atomic E-state index is 0.0365. The van der Waals surface area contributed by atoms with Gasteiger partial charge in [-0.1, -0.05) is 6.92 Å². The summed E-state index contributed by atoms with van der Waals surface area (Å²) in [7, 11) is 0. The summed E-state index contributed by atoms with van der Waals surface area (Å²) in [6, 6.07) is 5.18. The predicted molar refractivity (Wildman–Crippen MR) is 98.1 cm³/mol. The second-order valence-corrected chi connectivity index (χ2v) is 6.94.